The standard InChI is InChI=1S/C15H15N3OS/c16-15(20)17-14(13-9-5-2-6-10-13)18-19-11-12-7-3-1-4-8-12/h1-10H,11H2,(H3,16,17,18,20). The van der Waals surface area contributed by atoms with E-state index >= 15 is 0 Å². The van der Waals surface area contributed by atoms with E-state index in [1.54, 1.807) is 0 Å². The number of nitrogens with two attached hydrogens (primary N) is 1. The van der Waals surface area contributed by atoms with Crippen molar-refractivity contribution in [1.82, 2.24) is 5.48 Å². The molecule has 20 heavy (non-hydrogen) atoms. The Labute approximate surface area is 123 Å². The molecular weight excluding hydrogens is 270 g/mol. The monoisotopic (exact) mass is 285 g/mol. The van der Waals surface area contributed by atoms with Crippen LogP contribution in [0.15, 0.2) is 65.7 Å². The Morgan fingerprint density at radius 1 is 1.05 bits per heavy atom. The number of hydrogen-bond donors (Lipinski definition) is 2. The first-order valence-corrected chi connectivity index (χ1v) is 6.52. The molecule has 2 aromatic rings. The van der Waals surface area contributed by atoms with Crippen LogP contribution in [0.1, 0.15) is 11.1 Å². The molecule has 0 aliphatic carbocycles. The number of amidine groups is 1. The first-order chi connectivity index (χ1) is 9.75. The summed E-state index contributed by atoms with van der Waals surface area (Å²) >= 11 is 4.81. The van der Waals surface area contributed by atoms with E-state index in [0.717, 1.165) is 11.1 Å². The third-order valence-corrected chi connectivity index (χ3v) is 2.61. The second-order valence-electron chi connectivity index (χ2n) is 4.04. The van der Waals surface area contributed by atoms with Crippen molar-refractivity contribution < 1.29 is 4.84 Å². The molecule has 5 heteroatoms. The van der Waals surface area contributed by atoms with Crippen molar-refractivity contribution >= 4 is 23.2 Å². The molecule has 4 nitrogen and oxygen atoms in total. The summed E-state index contributed by atoms with van der Waals surface area (Å²) < 4.78 is 0. The highest BCUT2D eigenvalue weighted by molar-refractivity contribution is 7.80. The molecule has 102 valence electrons. The van der Waals surface area contributed by atoms with Gasteiger partial charge in [0.25, 0.3) is 0 Å². The number of aliphatic imine (C=N–C) groups is 1. The van der Waals surface area contributed by atoms with Crippen LogP contribution in [-0.4, -0.2) is 10.9 Å². The van der Waals surface area contributed by atoms with E-state index in [-0.39, 0.29) is 5.11 Å². The number of rotatable bonds is 4. The number of nitrogens with one attached hydrogen (secondary N) is 1. The van der Waals surface area contributed by atoms with E-state index in [4.69, 9.17) is 22.8 Å². The van der Waals surface area contributed by atoms with Crippen LogP contribution in [0.3, 0.4) is 0 Å². The summed E-state index contributed by atoms with van der Waals surface area (Å²) in [6.45, 7) is 0.421. The van der Waals surface area contributed by atoms with Gasteiger partial charge in [0.15, 0.2) is 10.9 Å². The molecule has 0 heterocycles. The van der Waals surface area contributed by atoms with Crippen molar-refractivity contribution in [3.8, 4) is 0 Å². The summed E-state index contributed by atoms with van der Waals surface area (Å²) in [5.41, 5.74) is 10.2. The van der Waals surface area contributed by atoms with Crippen molar-refractivity contribution in [3.05, 3.63) is 71.8 Å². The van der Waals surface area contributed by atoms with E-state index < -0.39 is 0 Å². The topological polar surface area (TPSA) is 59.6 Å². The van der Waals surface area contributed by atoms with Gasteiger partial charge in [-0.05, 0) is 17.8 Å². The van der Waals surface area contributed by atoms with Gasteiger partial charge in [-0.2, -0.15) is 0 Å². The largest absolute Gasteiger partial charge is 0.374 e. The van der Waals surface area contributed by atoms with Crippen LogP contribution in [0.25, 0.3) is 0 Å². The molecule has 0 aliphatic rings. The highest BCUT2D eigenvalue weighted by Crippen LogP contribution is 2.02. The average molecular weight is 285 g/mol. The lowest BCUT2D eigenvalue weighted by Gasteiger charge is -2.10. The summed E-state index contributed by atoms with van der Waals surface area (Å²) in [7, 11) is 0. The van der Waals surface area contributed by atoms with Crippen LogP contribution < -0.4 is 11.2 Å². The second-order valence-corrected chi connectivity index (χ2v) is 4.46. The second kappa shape index (κ2) is 7.37. The fourth-order valence-corrected chi connectivity index (χ4v) is 1.71. The van der Waals surface area contributed by atoms with Crippen molar-refractivity contribution in [3.63, 3.8) is 0 Å². The Bertz CT molecular complexity index is 585. The minimum atomic E-state index is 0.0552. The molecule has 0 atom stereocenters. The highest BCUT2D eigenvalue weighted by atomic mass is 32.1. The summed E-state index contributed by atoms with van der Waals surface area (Å²) in [6.07, 6.45) is 0. The predicted molar refractivity (Wildman–Crippen MR) is 84.1 cm³/mol. The molecular formula is C15H15N3OS. The Hall–Kier alpha value is -2.24. The fourth-order valence-electron chi connectivity index (χ4n) is 1.61. The quantitative estimate of drug-likeness (QED) is 0.392. The normalized spacial score (nSPS) is 11.1. The summed E-state index contributed by atoms with van der Waals surface area (Å²) in [4.78, 5) is 9.51. The molecule has 2 aromatic carbocycles. The Balaban J connectivity index is 2.01. The maximum Gasteiger partial charge on any atom is 0.192 e. The minimum Gasteiger partial charge on any atom is -0.374 e. The molecule has 0 unspecified atom stereocenters. The number of hydroxylamine groups is 1. The Morgan fingerprint density at radius 3 is 2.25 bits per heavy atom. The third-order valence-electron chi connectivity index (χ3n) is 2.52. The molecule has 0 bridgehead atoms. The van der Waals surface area contributed by atoms with Gasteiger partial charge in [-0.15, -0.1) is 0 Å². The molecule has 0 radical (unpaired) electrons. The van der Waals surface area contributed by atoms with Gasteiger partial charge in [0.1, 0.15) is 0 Å². The first-order valence-electron chi connectivity index (χ1n) is 6.11. The highest BCUT2D eigenvalue weighted by Gasteiger charge is 2.03. The Kier molecular flexibility index (Phi) is 5.23. The van der Waals surface area contributed by atoms with E-state index in [1.807, 2.05) is 60.7 Å². The molecule has 2 rings (SSSR count). The molecule has 0 spiro atoms. The Morgan fingerprint density at radius 2 is 1.65 bits per heavy atom. The molecule has 0 saturated carbocycles. The average Bonchev–Trinajstić information content (AvgIpc) is 2.48. The number of benzene rings is 2. The lowest BCUT2D eigenvalue weighted by molar-refractivity contribution is 0.0717. The lowest BCUT2D eigenvalue weighted by Crippen LogP contribution is -2.27. The van der Waals surface area contributed by atoms with Gasteiger partial charge < -0.3 is 5.73 Å². The van der Waals surface area contributed by atoms with Crippen molar-refractivity contribution in [1.29, 1.82) is 0 Å². The van der Waals surface area contributed by atoms with Crippen LogP contribution in [-0.2, 0) is 11.4 Å². The number of hydrogen-bond acceptors (Lipinski definition) is 2. The third kappa shape index (κ3) is 4.46. The van der Waals surface area contributed by atoms with Gasteiger partial charge in [0.05, 0.1) is 6.61 Å². The maximum atomic E-state index is 5.46. The SMILES string of the molecule is NC(=S)/N=C(\NOCc1ccccc1)c1ccccc1. The van der Waals surface area contributed by atoms with Crippen molar-refractivity contribution in [2.24, 2.45) is 10.7 Å². The zero-order valence-electron chi connectivity index (χ0n) is 10.8. The number of thiocarbonyl (C=S) groups is 1. The van der Waals surface area contributed by atoms with E-state index in [1.165, 1.54) is 0 Å². The van der Waals surface area contributed by atoms with Crippen LogP contribution in [0.2, 0.25) is 0 Å². The first kappa shape index (κ1) is 14.2. The molecule has 0 saturated heterocycles. The van der Waals surface area contributed by atoms with Crippen molar-refractivity contribution in [2.75, 3.05) is 0 Å². The van der Waals surface area contributed by atoms with Gasteiger partial charge in [-0.25, -0.2) is 10.5 Å². The number of nitrogens with zero attached hydrogens (tertiary/aromatic N) is 1. The molecule has 0 fully saturated rings. The van der Waals surface area contributed by atoms with Crippen LogP contribution >= 0.6 is 12.2 Å². The van der Waals surface area contributed by atoms with Gasteiger partial charge in [-0.1, -0.05) is 60.7 Å². The smallest absolute Gasteiger partial charge is 0.192 e. The summed E-state index contributed by atoms with van der Waals surface area (Å²) in [5, 5.41) is 0.0552. The zero-order chi connectivity index (χ0) is 14.2. The minimum absolute atomic E-state index is 0.0552. The van der Waals surface area contributed by atoms with Crippen LogP contribution in [0, 0.1) is 0 Å². The van der Waals surface area contributed by atoms with Gasteiger partial charge in [-0.3, -0.25) is 4.84 Å². The van der Waals surface area contributed by atoms with Crippen LogP contribution in [0.5, 0.6) is 0 Å². The maximum absolute atomic E-state index is 5.46. The summed E-state index contributed by atoms with van der Waals surface area (Å²) in [5.74, 6) is 0.494. The van der Waals surface area contributed by atoms with Gasteiger partial charge >= 0.3 is 0 Å². The zero-order valence-corrected chi connectivity index (χ0v) is 11.6. The molecule has 3 N–H and O–H groups in total. The summed E-state index contributed by atoms with van der Waals surface area (Å²) in [6, 6.07) is 19.4. The van der Waals surface area contributed by atoms with E-state index in [2.05, 4.69) is 10.5 Å². The van der Waals surface area contributed by atoms with Gasteiger partial charge in [0.2, 0.25) is 0 Å². The van der Waals surface area contributed by atoms with Crippen molar-refractivity contribution in [2.45, 2.75) is 6.61 Å². The lowest BCUT2D eigenvalue weighted by atomic mass is 10.2. The fraction of sp³-hybridized carbons (Fsp3) is 0.0667. The van der Waals surface area contributed by atoms with Gasteiger partial charge in [0, 0.05) is 5.56 Å². The molecule has 0 aromatic heterocycles. The molecule has 0 amide bonds. The predicted octanol–water partition coefficient (Wildman–Crippen LogP) is 2.40. The van der Waals surface area contributed by atoms with Crippen LogP contribution in [0.4, 0.5) is 0 Å². The van der Waals surface area contributed by atoms with E-state index in [0.29, 0.717) is 12.4 Å². The molecule has 0 aliphatic heterocycles. The van der Waals surface area contributed by atoms with E-state index in [9.17, 15) is 0 Å².